The molecule has 0 N–H and O–H groups in total. The van der Waals surface area contributed by atoms with Gasteiger partial charge in [0.1, 0.15) is 0 Å². The Bertz CT molecular complexity index is 845. The summed E-state index contributed by atoms with van der Waals surface area (Å²) < 4.78 is 37.4. The first-order valence-electron chi connectivity index (χ1n) is 6.23. The van der Waals surface area contributed by atoms with Gasteiger partial charge in [0.05, 0.1) is 11.2 Å². The molecular weight excluding hydrogens is 295 g/mol. The van der Waals surface area contributed by atoms with Gasteiger partial charge in [-0.1, -0.05) is 18.2 Å². The van der Waals surface area contributed by atoms with Crippen molar-refractivity contribution in [3.63, 3.8) is 0 Å². The van der Waals surface area contributed by atoms with Gasteiger partial charge in [-0.25, -0.2) is 15.0 Å². The molecule has 0 radical (unpaired) electrons. The lowest BCUT2D eigenvalue weighted by molar-refractivity contribution is -0.144. The lowest BCUT2D eigenvalue weighted by atomic mass is 10.1. The SMILES string of the molecule is O=Cc1cc2ccccc2nc1-c1cnc(C(F)(F)F)nc1. The van der Waals surface area contributed by atoms with Crippen molar-refractivity contribution in [2.75, 3.05) is 0 Å². The maximum absolute atomic E-state index is 12.5. The third-order valence-corrected chi connectivity index (χ3v) is 3.06. The maximum Gasteiger partial charge on any atom is 0.451 e. The molecule has 2 heterocycles. The molecule has 0 fully saturated rings. The smallest absolute Gasteiger partial charge is 0.298 e. The highest BCUT2D eigenvalue weighted by atomic mass is 19.4. The molecule has 0 spiro atoms. The number of alkyl halides is 3. The number of carbonyl (C=O) groups excluding carboxylic acids is 1. The summed E-state index contributed by atoms with van der Waals surface area (Å²) in [4.78, 5) is 22.1. The van der Waals surface area contributed by atoms with Gasteiger partial charge in [0, 0.05) is 28.9 Å². The number of aldehydes is 1. The minimum atomic E-state index is -4.61. The van der Waals surface area contributed by atoms with Gasteiger partial charge in [0.15, 0.2) is 6.29 Å². The highest BCUT2D eigenvalue weighted by molar-refractivity contribution is 5.93. The van der Waals surface area contributed by atoms with Gasteiger partial charge in [-0.3, -0.25) is 4.79 Å². The van der Waals surface area contributed by atoms with Crippen LogP contribution < -0.4 is 0 Å². The van der Waals surface area contributed by atoms with Gasteiger partial charge < -0.3 is 0 Å². The molecule has 3 aromatic rings. The number of benzene rings is 1. The molecule has 0 unspecified atom stereocenters. The van der Waals surface area contributed by atoms with Crippen molar-refractivity contribution in [3.8, 4) is 11.3 Å². The van der Waals surface area contributed by atoms with Crippen LogP contribution in [-0.4, -0.2) is 21.2 Å². The van der Waals surface area contributed by atoms with Gasteiger partial charge in [0.25, 0.3) is 0 Å². The largest absolute Gasteiger partial charge is 0.451 e. The molecule has 4 nitrogen and oxygen atoms in total. The number of para-hydroxylation sites is 1. The van der Waals surface area contributed by atoms with Crippen molar-refractivity contribution < 1.29 is 18.0 Å². The van der Waals surface area contributed by atoms with Crippen LogP contribution in [0.3, 0.4) is 0 Å². The Morgan fingerprint density at radius 2 is 1.73 bits per heavy atom. The van der Waals surface area contributed by atoms with Gasteiger partial charge >= 0.3 is 6.18 Å². The second kappa shape index (κ2) is 5.18. The second-order valence-corrected chi connectivity index (χ2v) is 4.53. The molecular formula is C15H8F3N3O. The normalized spacial score (nSPS) is 11.6. The van der Waals surface area contributed by atoms with Crippen LogP contribution in [0, 0.1) is 0 Å². The van der Waals surface area contributed by atoms with Gasteiger partial charge in [-0.15, -0.1) is 0 Å². The Morgan fingerprint density at radius 3 is 2.36 bits per heavy atom. The minimum Gasteiger partial charge on any atom is -0.298 e. The van der Waals surface area contributed by atoms with Crippen LogP contribution in [0.25, 0.3) is 22.2 Å². The van der Waals surface area contributed by atoms with E-state index in [0.717, 1.165) is 17.8 Å². The fourth-order valence-corrected chi connectivity index (χ4v) is 2.05. The van der Waals surface area contributed by atoms with Gasteiger partial charge in [-0.2, -0.15) is 13.2 Å². The topological polar surface area (TPSA) is 55.7 Å². The first kappa shape index (κ1) is 14.1. The molecule has 0 saturated carbocycles. The van der Waals surface area contributed by atoms with Crippen LogP contribution in [0.2, 0.25) is 0 Å². The van der Waals surface area contributed by atoms with Crippen LogP contribution in [0.1, 0.15) is 16.2 Å². The fraction of sp³-hybridized carbons (Fsp3) is 0.0667. The summed E-state index contributed by atoms with van der Waals surface area (Å²) in [6.07, 6.45) is -1.98. The zero-order chi connectivity index (χ0) is 15.7. The Hall–Kier alpha value is -2.83. The fourth-order valence-electron chi connectivity index (χ4n) is 2.05. The summed E-state index contributed by atoms with van der Waals surface area (Å²) in [7, 11) is 0. The lowest BCUT2D eigenvalue weighted by Gasteiger charge is -2.08. The van der Waals surface area contributed by atoms with E-state index in [2.05, 4.69) is 15.0 Å². The summed E-state index contributed by atoms with van der Waals surface area (Å²) in [5.41, 5.74) is 1.40. The van der Waals surface area contributed by atoms with Crippen molar-refractivity contribution in [1.29, 1.82) is 0 Å². The number of nitrogens with zero attached hydrogens (tertiary/aromatic N) is 3. The molecule has 3 rings (SSSR count). The molecule has 0 aliphatic heterocycles. The highest BCUT2D eigenvalue weighted by Crippen LogP contribution is 2.28. The zero-order valence-electron chi connectivity index (χ0n) is 11.0. The van der Waals surface area contributed by atoms with Crippen LogP contribution in [0.4, 0.5) is 13.2 Å². The number of aromatic nitrogens is 3. The third-order valence-electron chi connectivity index (χ3n) is 3.06. The molecule has 0 aliphatic carbocycles. The number of carbonyl (C=O) groups is 1. The van der Waals surface area contributed by atoms with E-state index in [1.807, 2.05) is 0 Å². The molecule has 2 aromatic heterocycles. The molecule has 7 heteroatoms. The minimum absolute atomic E-state index is 0.251. The third kappa shape index (κ3) is 2.52. The van der Waals surface area contributed by atoms with E-state index in [1.54, 1.807) is 30.3 Å². The predicted molar refractivity (Wildman–Crippen MR) is 73.2 cm³/mol. The molecule has 110 valence electrons. The summed E-state index contributed by atoms with van der Waals surface area (Å²) >= 11 is 0. The van der Waals surface area contributed by atoms with Crippen molar-refractivity contribution >= 4 is 17.2 Å². The standard InChI is InChI=1S/C15H8F3N3O/c16-15(17,18)14-19-6-11(7-20-14)13-10(8-22)5-9-3-1-2-4-12(9)21-13/h1-8H. The van der Waals surface area contributed by atoms with Crippen molar-refractivity contribution in [3.05, 3.63) is 54.1 Å². The summed E-state index contributed by atoms with van der Waals surface area (Å²) in [5, 5.41) is 0.765. The van der Waals surface area contributed by atoms with E-state index in [1.165, 1.54) is 0 Å². The van der Waals surface area contributed by atoms with Gasteiger partial charge in [-0.05, 0) is 12.1 Å². The molecule has 0 atom stereocenters. The van der Waals surface area contributed by atoms with Crippen molar-refractivity contribution in [1.82, 2.24) is 15.0 Å². The van der Waals surface area contributed by atoms with E-state index < -0.39 is 12.0 Å². The maximum atomic E-state index is 12.5. The summed E-state index contributed by atoms with van der Waals surface area (Å²) in [5.74, 6) is -1.23. The summed E-state index contributed by atoms with van der Waals surface area (Å²) in [6.45, 7) is 0. The first-order chi connectivity index (χ1) is 10.5. The molecule has 0 aliphatic rings. The number of rotatable bonds is 2. The van der Waals surface area contributed by atoms with Crippen LogP contribution >= 0.6 is 0 Å². The zero-order valence-corrected chi connectivity index (χ0v) is 11.0. The average molecular weight is 303 g/mol. The van der Waals surface area contributed by atoms with Crippen LogP contribution in [-0.2, 0) is 6.18 Å². The van der Waals surface area contributed by atoms with E-state index in [-0.39, 0.29) is 16.8 Å². The number of hydrogen-bond donors (Lipinski definition) is 0. The first-order valence-corrected chi connectivity index (χ1v) is 6.23. The Balaban J connectivity index is 2.14. The Kier molecular flexibility index (Phi) is 3.32. The highest BCUT2D eigenvalue weighted by Gasteiger charge is 2.34. The van der Waals surface area contributed by atoms with Crippen molar-refractivity contribution in [2.24, 2.45) is 0 Å². The van der Waals surface area contributed by atoms with Crippen LogP contribution in [0.15, 0.2) is 42.7 Å². The monoisotopic (exact) mass is 303 g/mol. The molecule has 1 aromatic carbocycles. The predicted octanol–water partition coefficient (Wildman–Crippen LogP) is 3.52. The summed E-state index contributed by atoms with van der Waals surface area (Å²) in [6, 6.07) is 8.76. The van der Waals surface area contributed by atoms with E-state index in [4.69, 9.17) is 0 Å². The quantitative estimate of drug-likeness (QED) is 0.680. The number of hydrogen-bond acceptors (Lipinski definition) is 4. The van der Waals surface area contributed by atoms with E-state index in [0.29, 0.717) is 11.8 Å². The number of fused-ring (bicyclic) bond motifs is 1. The Labute approximate surface area is 122 Å². The van der Waals surface area contributed by atoms with E-state index in [9.17, 15) is 18.0 Å². The molecule has 0 amide bonds. The second-order valence-electron chi connectivity index (χ2n) is 4.53. The average Bonchev–Trinajstić information content (AvgIpc) is 2.53. The Morgan fingerprint density at radius 1 is 1.05 bits per heavy atom. The molecule has 0 saturated heterocycles. The van der Waals surface area contributed by atoms with E-state index >= 15 is 0 Å². The lowest BCUT2D eigenvalue weighted by Crippen LogP contribution is -2.10. The number of halogens is 3. The number of pyridine rings is 1. The van der Waals surface area contributed by atoms with Crippen molar-refractivity contribution in [2.45, 2.75) is 6.18 Å². The van der Waals surface area contributed by atoms with Gasteiger partial charge in [0.2, 0.25) is 5.82 Å². The molecule has 0 bridgehead atoms. The van der Waals surface area contributed by atoms with Crippen LogP contribution in [0.5, 0.6) is 0 Å². The molecule has 22 heavy (non-hydrogen) atoms.